The molecule has 0 amide bonds. The van der Waals surface area contributed by atoms with Crippen LogP contribution in [0.3, 0.4) is 0 Å². The van der Waals surface area contributed by atoms with E-state index in [1.54, 1.807) is 11.6 Å². The van der Waals surface area contributed by atoms with E-state index in [1.807, 2.05) is 0 Å². The molecular weight excluding hydrogens is 295 g/mol. The summed E-state index contributed by atoms with van der Waals surface area (Å²) in [5.41, 5.74) is 3.01. The molecule has 1 heteroatoms. The zero-order chi connectivity index (χ0) is 16.8. The van der Waals surface area contributed by atoms with Crippen molar-refractivity contribution in [3.8, 4) is 0 Å². The van der Waals surface area contributed by atoms with Crippen LogP contribution in [0, 0.1) is 17.8 Å². The lowest BCUT2D eigenvalue weighted by molar-refractivity contribution is 0.160. The van der Waals surface area contributed by atoms with E-state index < -0.39 is 0 Å². The van der Waals surface area contributed by atoms with Gasteiger partial charge in [-0.25, -0.2) is 4.39 Å². The number of hydrogen-bond acceptors (Lipinski definition) is 0. The Morgan fingerprint density at radius 3 is 2.00 bits per heavy atom. The molecule has 0 atom stereocenters. The quantitative estimate of drug-likeness (QED) is 0.536. The van der Waals surface area contributed by atoms with E-state index in [4.69, 9.17) is 0 Å². The maximum Gasteiger partial charge on any atom is 0.0827 e. The van der Waals surface area contributed by atoms with Crippen molar-refractivity contribution in [1.82, 2.24) is 0 Å². The van der Waals surface area contributed by atoms with Crippen molar-refractivity contribution in [2.75, 3.05) is 0 Å². The molecule has 1 aromatic rings. The first-order valence-corrected chi connectivity index (χ1v) is 10.1. The standard InChI is InChI=1S/C23H33F/c1-2-18-5-9-20(10-6-18)22-13-15-23(16-14-22)21-11-7-19(8-12-21)4-3-17-24/h3,5-6,9-10,17,19,21-23H,2,4,7-8,11-16H2,1H3/b17-3+/t19-,21-,22?,23?. The average Bonchev–Trinajstić information content (AvgIpc) is 2.67. The normalized spacial score (nSPS) is 31.4. The molecule has 2 aliphatic carbocycles. The van der Waals surface area contributed by atoms with Gasteiger partial charge in [0.2, 0.25) is 0 Å². The molecule has 0 bridgehead atoms. The van der Waals surface area contributed by atoms with Crippen LogP contribution < -0.4 is 0 Å². The van der Waals surface area contributed by atoms with Gasteiger partial charge in [0.1, 0.15) is 0 Å². The van der Waals surface area contributed by atoms with Gasteiger partial charge in [0, 0.05) is 0 Å². The van der Waals surface area contributed by atoms with Gasteiger partial charge in [-0.05, 0) is 99.0 Å². The second kappa shape index (κ2) is 8.83. The Morgan fingerprint density at radius 1 is 0.875 bits per heavy atom. The number of hydrogen-bond donors (Lipinski definition) is 0. The fourth-order valence-corrected chi connectivity index (χ4v) is 5.09. The second-order valence-corrected chi connectivity index (χ2v) is 8.09. The lowest BCUT2D eigenvalue weighted by atomic mass is 9.68. The Balaban J connectivity index is 1.45. The Hall–Kier alpha value is -1.11. The number of halogens is 1. The second-order valence-electron chi connectivity index (χ2n) is 8.09. The van der Waals surface area contributed by atoms with Crippen LogP contribution in [0.5, 0.6) is 0 Å². The Kier molecular flexibility index (Phi) is 6.51. The summed E-state index contributed by atoms with van der Waals surface area (Å²) in [7, 11) is 0. The molecule has 1 aromatic carbocycles. The SMILES string of the molecule is CCc1ccc(C2CCC([C@H]3CC[C@H](C/C=C/F)CC3)CC2)cc1. The minimum absolute atomic E-state index is 0.723. The third kappa shape index (κ3) is 4.49. The van der Waals surface area contributed by atoms with Crippen molar-refractivity contribution in [3.63, 3.8) is 0 Å². The van der Waals surface area contributed by atoms with E-state index in [0.29, 0.717) is 0 Å². The summed E-state index contributed by atoms with van der Waals surface area (Å²) in [6, 6.07) is 9.37. The van der Waals surface area contributed by atoms with Crippen LogP contribution in [0.2, 0.25) is 0 Å². The van der Waals surface area contributed by atoms with E-state index in [0.717, 1.165) is 42.8 Å². The van der Waals surface area contributed by atoms with Crippen molar-refractivity contribution in [2.24, 2.45) is 17.8 Å². The van der Waals surface area contributed by atoms with E-state index in [2.05, 4.69) is 31.2 Å². The van der Waals surface area contributed by atoms with Crippen LogP contribution in [0.1, 0.15) is 81.8 Å². The minimum atomic E-state index is 0.723. The lowest BCUT2D eigenvalue weighted by Gasteiger charge is -2.38. The largest absolute Gasteiger partial charge is 0.216 e. The van der Waals surface area contributed by atoms with Crippen LogP contribution in [0.15, 0.2) is 36.7 Å². The van der Waals surface area contributed by atoms with Crippen LogP contribution in [-0.4, -0.2) is 0 Å². The van der Waals surface area contributed by atoms with Crippen LogP contribution in [-0.2, 0) is 6.42 Å². The molecule has 2 saturated carbocycles. The van der Waals surface area contributed by atoms with Crippen molar-refractivity contribution in [2.45, 2.75) is 77.0 Å². The zero-order valence-corrected chi connectivity index (χ0v) is 15.2. The van der Waals surface area contributed by atoms with E-state index >= 15 is 0 Å². The molecule has 2 aliphatic rings. The van der Waals surface area contributed by atoms with Gasteiger partial charge in [-0.15, -0.1) is 0 Å². The highest BCUT2D eigenvalue weighted by Crippen LogP contribution is 2.44. The summed E-state index contributed by atoms with van der Waals surface area (Å²) in [4.78, 5) is 0. The number of aryl methyl sites for hydroxylation is 1. The maximum atomic E-state index is 12.2. The Bertz CT molecular complexity index is 499. The molecule has 0 N–H and O–H groups in total. The molecule has 0 saturated heterocycles. The van der Waals surface area contributed by atoms with Gasteiger partial charge in [0.25, 0.3) is 0 Å². The molecule has 3 rings (SSSR count). The smallest absolute Gasteiger partial charge is 0.0827 e. The number of benzene rings is 1. The summed E-state index contributed by atoms with van der Waals surface area (Å²) in [5, 5.41) is 0. The monoisotopic (exact) mass is 328 g/mol. The summed E-state index contributed by atoms with van der Waals surface area (Å²) in [6.45, 7) is 2.23. The molecule has 2 fully saturated rings. The average molecular weight is 329 g/mol. The molecule has 132 valence electrons. The van der Waals surface area contributed by atoms with Gasteiger partial charge in [0.15, 0.2) is 0 Å². The Morgan fingerprint density at radius 2 is 1.46 bits per heavy atom. The first kappa shape index (κ1) is 17.7. The fraction of sp³-hybridized carbons (Fsp3) is 0.652. The summed E-state index contributed by atoms with van der Waals surface area (Å²) < 4.78 is 12.2. The van der Waals surface area contributed by atoms with Crippen molar-refractivity contribution in [1.29, 1.82) is 0 Å². The first-order valence-electron chi connectivity index (χ1n) is 10.1. The van der Waals surface area contributed by atoms with Crippen LogP contribution in [0.4, 0.5) is 4.39 Å². The summed E-state index contributed by atoms with van der Waals surface area (Å²) in [6.07, 6.45) is 15.5. The molecule has 0 radical (unpaired) electrons. The maximum absolute atomic E-state index is 12.2. The summed E-state index contributed by atoms with van der Waals surface area (Å²) >= 11 is 0. The third-order valence-corrected chi connectivity index (χ3v) is 6.75. The predicted molar refractivity (Wildman–Crippen MR) is 101 cm³/mol. The van der Waals surface area contributed by atoms with Crippen molar-refractivity contribution in [3.05, 3.63) is 47.8 Å². The number of allylic oxidation sites excluding steroid dienone is 1. The van der Waals surface area contributed by atoms with Crippen LogP contribution in [0.25, 0.3) is 0 Å². The molecule has 0 spiro atoms. The third-order valence-electron chi connectivity index (χ3n) is 6.75. The molecule has 0 aromatic heterocycles. The molecule has 0 aliphatic heterocycles. The number of rotatable bonds is 5. The van der Waals surface area contributed by atoms with Gasteiger partial charge < -0.3 is 0 Å². The molecule has 24 heavy (non-hydrogen) atoms. The van der Waals surface area contributed by atoms with Gasteiger partial charge in [-0.3, -0.25) is 0 Å². The highest BCUT2D eigenvalue weighted by Gasteiger charge is 2.30. The Labute approximate surface area is 147 Å². The van der Waals surface area contributed by atoms with Crippen molar-refractivity contribution < 1.29 is 4.39 Å². The lowest BCUT2D eigenvalue weighted by Crippen LogP contribution is -2.25. The highest BCUT2D eigenvalue weighted by molar-refractivity contribution is 5.25. The van der Waals surface area contributed by atoms with E-state index in [9.17, 15) is 4.39 Å². The van der Waals surface area contributed by atoms with Gasteiger partial charge in [-0.2, -0.15) is 0 Å². The minimum Gasteiger partial charge on any atom is -0.216 e. The van der Waals surface area contributed by atoms with Crippen molar-refractivity contribution >= 4 is 0 Å². The molecule has 0 unspecified atom stereocenters. The van der Waals surface area contributed by atoms with Crippen LogP contribution >= 0.6 is 0 Å². The topological polar surface area (TPSA) is 0 Å². The molecule has 0 heterocycles. The van der Waals surface area contributed by atoms with E-state index in [1.165, 1.54) is 56.9 Å². The fourth-order valence-electron chi connectivity index (χ4n) is 5.09. The first-order chi connectivity index (χ1) is 11.8. The zero-order valence-electron chi connectivity index (χ0n) is 15.2. The van der Waals surface area contributed by atoms with Gasteiger partial charge in [-0.1, -0.05) is 37.3 Å². The highest BCUT2D eigenvalue weighted by atomic mass is 19.1. The molecule has 0 nitrogen and oxygen atoms in total. The predicted octanol–water partition coefficient (Wildman–Crippen LogP) is 7.20. The van der Waals surface area contributed by atoms with Gasteiger partial charge >= 0.3 is 0 Å². The summed E-state index contributed by atoms with van der Waals surface area (Å²) in [5.74, 6) is 3.42. The van der Waals surface area contributed by atoms with E-state index in [-0.39, 0.29) is 0 Å². The molecular formula is C23H33F. The van der Waals surface area contributed by atoms with Gasteiger partial charge in [0.05, 0.1) is 6.33 Å².